The predicted molar refractivity (Wildman–Crippen MR) is 188 cm³/mol. The molecule has 210 valence electrons. The first kappa shape index (κ1) is 24.4. The van der Waals surface area contributed by atoms with Crippen molar-refractivity contribution in [2.24, 2.45) is 0 Å². The first-order valence-corrected chi connectivity index (χ1v) is 15.4. The van der Waals surface area contributed by atoms with E-state index < -0.39 is 0 Å². The van der Waals surface area contributed by atoms with Crippen LogP contribution in [-0.4, -0.2) is 9.13 Å². The molecule has 0 atom stereocenters. The molecule has 10 rings (SSSR count). The van der Waals surface area contributed by atoms with E-state index in [0.29, 0.717) is 0 Å². The fourth-order valence-corrected chi connectivity index (χ4v) is 7.51. The topological polar surface area (TPSA) is 23.0 Å². The monoisotopic (exact) mass is 574 g/mol. The number of benzene rings is 7. The van der Waals surface area contributed by atoms with E-state index in [2.05, 4.69) is 161 Å². The summed E-state index contributed by atoms with van der Waals surface area (Å²) in [5.41, 5.74) is 11.2. The molecule has 45 heavy (non-hydrogen) atoms. The number of aromatic nitrogens is 2. The highest BCUT2D eigenvalue weighted by molar-refractivity contribution is 6.26. The van der Waals surface area contributed by atoms with Crippen LogP contribution in [0.15, 0.2) is 162 Å². The third kappa shape index (κ3) is 3.35. The van der Waals surface area contributed by atoms with Crippen molar-refractivity contribution in [3.8, 4) is 22.5 Å². The van der Waals surface area contributed by atoms with E-state index in [1.165, 1.54) is 54.7 Å². The van der Waals surface area contributed by atoms with Gasteiger partial charge in [-0.1, -0.05) is 109 Å². The number of hydrogen-bond donors (Lipinski definition) is 0. The smallest absolute Gasteiger partial charge is 0.136 e. The fraction of sp³-hybridized carbons (Fsp3) is 0. The van der Waals surface area contributed by atoms with Gasteiger partial charge in [0.2, 0.25) is 0 Å². The first-order chi connectivity index (χ1) is 22.4. The molecule has 0 aliphatic heterocycles. The quantitative estimate of drug-likeness (QED) is 0.206. The minimum Gasteiger partial charge on any atom is -0.456 e. The standard InChI is InChI=1S/C42H26N2O/c1-2-13-27(14-3-1)43-34-20-8-5-16-29(34)31-25-26-37-41(42(31)43)32-17-6-10-22-36(32)44(37)35-21-9-4-15-28(35)30-19-12-24-39-40(30)33-18-7-11-23-38(33)45-39/h1-26H. The molecule has 0 saturated heterocycles. The summed E-state index contributed by atoms with van der Waals surface area (Å²) < 4.78 is 11.2. The summed E-state index contributed by atoms with van der Waals surface area (Å²) in [7, 11) is 0. The average Bonchev–Trinajstić information content (AvgIpc) is 3.76. The Kier molecular flexibility index (Phi) is 5.00. The zero-order valence-electron chi connectivity index (χ0n) is 24.3. The van der Waals surface area contributed by atoms with Crippen molar-refractivity contribution in [1.29, 1.82) is 0 Å². The maximum Gasteiger partial charge on any atom is 0.136 e. The van der Waals surface area contributed by atoms with Crippen LogP contribution in [0.3, 0.4) is 0 Å². The SMILES string of the molecule is c1ccc(-n2c3ccccc3c3ccc4c(c5ccccc5n4-c4ccccc4-c4cccc5oc6ccccc6c45)c32)cc1. The summed E-state index contributed by atoms with van der Waals surface area (Å²) in [4.78, 5) is 0. The molecule has 0 amide bonds. The Morgan fingerprint density at radius 3 is 1.87 bits per heavy atom. The van der Waals surface area contributed by atoms with Gasteiger partial charge in [-0.2, -0.15) is 0 Å². The molecule has 0 radical (unpaired) electrons. The molecular formula is C42H26N2O. The van der Waals surface area contributed by atoms with Crippen molar-refractivity contribution >= 4 is 65.6 Å². The molecule has 0 saturated carbocycles. The van der Waals surface area contributed by atoms with Crippen LogP contribution in [-0.2, 0) is 0 Å². The fourth-order valence-electron chi connectivity index (χ4n) is 7.51. The lowest BCUT2D eigenvalue weighted by molar-refractivity contribution is 0.669. The van der Waals surface area contributed by atoms with Gasteiger partial charge in [-0.05, 0) is 54.1 Å². The molecule has 0 N–H and O–H groups in total. The van der Waals surface area contributed by atoms with E-state index in [1.807, 2.05) is 6.07 Å². The zero-order chi connectivity index (χ0) is 29.5. The van der Waals surface area contributed by atoms with E-state index in [-0.39, 0.29) is 0 Å². The number of rotatable bonds is 3. The number of hydrogen-bond acceptors (Lipinski definition) is 1. The minimum absolute atomic E-state index is 0.903. The highest BCUT2D eigenvalue weighted by atomic mass is 16.3. The summed E-state index contributed by atoms with van der Waals surface area (Å²) in [5.74, 6) is 0. The minimum atomic E-state index is 0.903. The van der Waals surface area contributed by atoms with Crippen molar-refractivity contribution in [3.05, 3.63) is 158 Å². The van der Waals surface area contributed by atoms with Gasteiger partial charge in [0.05, 0.1) is 27.8 Å². The molecule has 0 spiro atoms. The van der Waals surface area contributed by atoms with Crippen LogP contribution in [0.5, 0.6) is 0 Å². The number of furan rings is 1. The Bertz CT molecular complexity index is 2760. The predicted octanol–water partition coefficient (Wildman–Crippen LogP) is 11.4. The van der Waals surface area contributed by atoms with E-state index >= 15 is 0 Å². The number of nitrogens with zero attached hydrogens (tertiary/aromatic N) is 2. The summed E-state index contributed by atoms with van der Waals surface area (Å²) in [6, 6.07) is 56.4. The summed E-state index contributed by atoms with van der Waals surface area (Å²) in [6.45, 7) is 0. The average molecular weight is 575 g/mol. The van der Waals surface area contributed by atoms with Crippen molar-refractivity contribution in [3.63, 3.8) is 0 Å². The highest BCUT2D eigenvalue weighted by Gasteiger charge is 2.22. The summed E-state index contributed by atoms with van der Waals surface area (Å²) in [5, 5.41) is 7.29. The van der Waals surface area contributed by atoms with Crippen molar-refractivity contribution in [1.82, 2.24) is 9.13 Å². The van der Waals surface area contributed by atoms with Crippen molar-refractivity contribution in [2.75, 3.05) is 0 Å². The van der Waals surface area contributed by atoms with Gasteiger partial charge in [-0.25, -0.2) is 0 Å². The Labute approximate surface area is 258 Å². The van der Waals surface area contributed by atoms with Crippen molar-refractivity contribution < 1.29 is 4.42 Å². The second kappa shape index (κ2) is 9.22. The van der Waals surface area contributed by atoms with Crippen LogP contribution in [0.4, 0.5) is 0 Å². The molecule has 3 nitrogen and oxygen atoms in total. The van der Waals surface area contributed by atoms with Crippen LogP contribution in [0.25, 0.3) is 88.1 Å². The second-order valence-electron chi connectivity index (χ2n) is 11.7. The molecule has 10 aromatic rings. The van der Waals surface area contributed by atoms with Crippen LogP contribution in [0.2, 0.25) is 0 Å². The molecule has 3 heteroatoms. The van der Waals surface area contributed by atoms with Gasteiger partial charge >= 0.3 is 0 Å². The third-order valence-corrected chi connectivity index (χ3v) is 9.32. The molecule has 0 fully saturated rings. The van der Waals surface area contributed by atoms with E-state index in [0.717, 1.165) is 33.3 Å². The Hall–Kier alpha value is -6.06. The van der Waals surface area contributed by atoms with Crippen LogP contribution >= 0.6 is 0 Å². The molecule has 0 aliphatic rings. The second-order valence-corrected chi connectivity index (χ2v) is 11.7. The van der Waals surface area contributed by atoms with E-state index in [1.54, 1.807) is 0 Å². The molecule has 0 aliphatic carbocycles. The molecule has 0 bridgehead atoms. The normalized spacial score (nSPS) is 12.0. The van der Waals surface area contributed by atoms with Gasteiger partial charge in [-0.3, -0.25) is 0 Å². The molecule has 7 aromatic carbocycles. The van der Waals surface area contributed by atoms with Crippen LogP contribution in [0, 0.1) is 0 Å². The van der Waals surface area contributed by atoms with Gasteiger partial charge in [0.25, 0.3) is 0 Å². The van der Waals surface area contributed by atoms with Gasteiger partial charge in [0, 0.05) is 43.6 Å². The van der Waals surface area contributed by atoms with Gasteiger partial charge in [-0.15, -0.1) is 0 Å². The zero-order valence-corrected chi connectivity index (χ0v) is 24.3. The van der Waals surface area contributed by atoms with Gasteiger partial charge < -0.3 is 13.6 Å². The van der Waals surface area contributed by atoms with E-state index in [4.69, 9.17) is 4.42 Å². The molecule has 0 unspecified atom stereocenters. The third-order valence-electron chi connectivity index (χ3n) is 9.32. The largest absolute Gasteiger partial charge is 0.456 e. The van der Waals surface area contributed by atoms with Crippen LogP contribution < -0.4 is 0 Å². The maximum absolute atomic E-state index is 6.31. The Morgan fingerprint density at radius 1 is 0.356 bits per heavy atom. The Morgan fingerprint density at radius 2 is 1.00 bits per heavy atom. The van der Waals surface area contributed by atoms with Gasteiger partial charge in [0.1, 0.15) is 11.2 Å². The molecule has 3 aromatic heterocycles. The summed E-state index contributed by atoms with van der Waals surface area (Å²) in [6.07, 6.45) is 0. The lowest BCUT2D eigenvalue weighted by Crippen LogP contribution is -1.97. The van der Waals surface area contributed by atoms with Gasteiger partial charge in [0.15, 0.2) is 0 Å². The van der Waals surface area contributed by atoms with Crippen LogP contribution in [0.1, 0.15) is 0 Å². The maximum atomic E-state index is 6.31. The highest BCUT2D eigenvalue weighted by Crippen LogP contribution is 2.44. The lowest BCUT2D eigenvalue weighted by atomic mass is 9.97. The Balaban J connectivity index is 1.36. The molecule has 3 heterocycles. The molecular weight excluding hydrogens is 548 g/mol. The lowest BCUT2D eigenvalue weighted by Gasteiger charge is -2.15. The van der Waals surface area contributed by atoms with Crippen molar-refractivity contribution in [2.45, 2.75) is 0 Å². The number of fused-ring (bicyclic) bond motifs is 10. The summed E-state index contributed by atoms with van der Waals surface area (Å²) >= 11 is 0. The first-order valence-electron chi connectivity index (χ1n) is 15.4. The van der Waals surface area contributed by atoms with E-state index in [9.17, 15) is 0 Å². The number of para-hydroxylation sites is 5.